The molecule has 0 amide bonds. The Morgan fingerprint density at radius 1 is 1.35 bits per heavy atom. The van der Waals surface area contributed by atoms with E-state index in [0.29, 0.717) is 5.56 Å². The van der Waals surface area contributed by atoms with Crippen molar-refractivity contribution >= 4 is 11.7 Å². The van der Waals surface area contributed by atoms with Gasteiger partial charge in [-0.3, -0.25) is 14.8 Å². The van der Waals surface area contributed by atoms with Crippen LogP contribution >= 0.6 is 0 Å². The van der Waals surface area contributed by atoms with E-state index < -0.39 is 23.7 Å². The van der Waals surface area contributed by atoms with Crippen LogP contribution in [0.25, 0.3) is 11.3 Å². The van der Waals surface area contributed by atoms with Gasteiger partial charge in [-0.2, -0.15) is 18.3 Å². The van der Waals surface area contributed by atoms with Gasteiger partial charge < -0.3 is 4.74 Å². The van der Waals surface area contributed by atoms with Crippen molar-refractivity contribution in [2.24, 2.45) is 7.05 Å². The van der Waals surface area contributed by atoms with Gasteiger partial charge in [0.1, 0.15) is 11.3 Å². The molecule has 0 saturated heterocycles. The zero-order valence-electron chi connectivity index (χ0n) is 11.7. The van der Waals surface area contributed by atoms with Gasteiger partial charge >= 0.3 is 12.1 Å². The van der Waals surface area contributed by atoms with Crippen LogP contribution < -0.4 is 0 Å². The second-order valence-corrected chi connectivity index (χ2v) is 4.56. The number of alkyl halides is 3. The molecule has 0 aliphatic heterocycles. The Kier molecular flexibility index (Phi) is 4.34. The number of nitro benzene ring substituents is 1. The first-order chi connectivity index (χ1) is 10.7. The number of non-ortho nitro benzene ring substituents is 1. The summed E-state index contributed by atoms with van der Waals surface area (Å²) in [5, 5.41) is 14.6. The number of rotatable bonds is 4. The van der Waals surface area contributed by atoms with Crippen LogP contribution in [0.4, 0.5) is 18.9 Å². The molecule has 0 unspecified atom stereocenters. The van der Waals surface area contributed by atoms with E-state index in [4.69, 9.17) is 0 Å². The zero-order chi connectivity index (χ0) is 17.2. The number of nitro groups is 1. The molecular formula is C13H10F3N3O4. The Hall–Kier alpha value is -2.91. The normalized spacial score (nSPS) is 11.3. The molecule has 0 atom stereocenters. The maximum absolute atomic E-state index is 12.1. The van der Waals surface area contributed by atoms with E-state index in [1.54, 1.807) is 0 Å². The number of halogens is 3. The third-order valence-electron chi connectivity index (χ3n) is 2.77. The van der Waals surface area contributed by atoms with Crippen LogP contribution in [-0.4, -0.2) is 33.5 Å². The molecule has 0 saturated carbocycles. The average Bonchev–Trinajstić information content (AvgIpc) is 2.86. The third-order valence-corrected chi connectivity index (χ3v) is 2.77. The van der Waals surface area contributed by atoms with Gasteiger partial charge in [0.2, 0.25) is 0 Å². The second kappa shape index (κ2) is 6.07. The fourth-order valence-corrected chi connectivity index (χ4v) is 1.82. The van der Waals surface area contributed by atoms with Gasteiger partial charge in [-0.25, -0.2) is 4.79 Å². The highest BCUT2D eigenvalue weighted by molar-refractivity contribution is 5.96. The predicted molar refractivity (Wildman–Crippen MR) is 71.6 cm³/mol. The quantitative estimate of drug-likeness (QED) is 0.489. The first kappa shape index (κ1) is 16.5. The van der Waals surface area contributed by atoms with Gasteiger partial charge in [0.15, 0.2) is 6.61 Å². The topological polar surface area (TPSA) is 87.3 Å². The minimum Gasteiger partial charge on any atom is -0.452 e. The number of ether oxygens (including phenoxy) is 1. The van der Waals surface area contributed by atoms with E-state index in [1.807, 2.05) is 0 Å². The summed E-state index contributed by atoms with van der Waals surface area (Å²) >= 11 is 0. The number of hydrogen-bond donors (Lipinski definition) is 0. The molecule has 2 rings (SSSR count). The first-order valence-electron chi connectivity index (χ1n) is 6.20. The molecule has 1 aromatic carbocycles. The second-order valence-electron chi connectivity index (χ2n) is 4.56. The largest absolute Gasteiger partial charge is 0.452 e. The first-order valence-corrected chi connectivity index (χ1v) is 6.20. The smallest absolute Gasteiger partial charge is 0.422 e. The molecule has 10 heteroatoms. The van der Waals surface area contributed by atoms with Crippen LogP contribution in [0.5, 0.6) is 0 Å². The molecule has 23 heavy (non-hydrogen) atoms. The Bertz CT molecular complexity index is 738. The van der Waals surface area contributed by atoms with Crippen molar-refractivity contribution in [3.63, 3.8) is 0 Å². The number of benzene rings is 1. The molecule has 1 aromatic heterocycles. The molecule has 2 aromatic rings. The minimum atomic E-state index is -4.63. The van der Waals surface area contributed by atoms with Crippen LogP contribution in [0, 0.1) is 10.1 Å². The third kappa shape index (κ3) is 4.05. The Morgan fingerprint density at radius 3 is 2.48 bits per heavy atom. The van der Waals surface area contributed by atoms with Crippen molar-refractivity contribution in [1.82, 2.24) is 9.78 Å². The lowest BCUT2D eigenvalue weighted by molar-refractivity contribution is -0.384. The molecule has 0 N–H and O–H groups in total. The summed E-state index contributed by atoms with van der Waals surface area (Å²) in [6.07, 6.45) is -3.42. The number of nitrogens with zero attached hydrogens (tertiary/aromatic N) is 3. The van der Waals surface area contributed by atoms with E-state index >= 15 is 0 Å². The van der Waals surface area contributed by atoms with Crippen molar-refractivity contribution in [2.45, 2.75) is 6.18 Å². The summed E-state index contributed by atoms with van der Waals surface area (Å²) in [6, 6.07) is 5.10. The lowest BCUT2D eigenvalue weighted by Gasteiger charge is -2.07. The number of aryl methyl sites for hydroxylation is 1. The molecular weight excluding hydrogens is 319 g/mol. The van der Waals surface area contributed by atoms with Gasteiger partial charge in [-0.05, 0) is 12.1 Å². The lowest BCUT2D eigenvalue weighted by Crippen LogP contribution is -2.20. The molecule has 0 aliphatic carbocycles. The predicted octanol–water partition coefficient (Wildman–Crippen LogP) is 2.71. The number of aromatic nitrogens is 2. The van der Waals surface area contributed by atoms with Gasteiger partial charge in [0, 0.05) is 30.9 Å². The standard InChI is InChI=1S/C13H10F3N3O4/c1-18-6-10(12(20)23-7-13(14,15)16)11(17-18)8-2-4-9(5-3-8)19(21)22/h2-6H,7H2,1H3. The summed E-state index contributed by atoms with van der Waals surface area (Å²) in [5.41, 5.74) is 0.0983. The number of carbonyl (C=O) groups is 1. The zero-order valence-corrected chi connectivity index (χ0v) is 11.7. The number of carbonyl (C=O) groups excluding carboxylic acids is 1. The Morgan fingerprint density at radius 2 is 1.96 bits per heavy atom. The van der Waals surface area contributed by atoms with Crippen LogP contribution in [0.3, 0.4) is 0 Å². The van der Waals surface area contributed by atoms with Crippen molar-refractivity contribution in [2.75, 3.05) is 6.61 Å². The highest BCUT2D eigenvalue weighted by atomic mass is 19.4. The highest BCUT2D eigenvalue weighted by Gasteiger charge is 2.31. The average molecular weight is 329 g/mol. The maximum atomic E-state index is 12.1. The van der Waals surface area contributed by atoms with Crippen LogP contribution in [0.2, 0.25) is 0 Å². The van der Waals surface area contributed by atoms with E-state index in [-0.39, 0.29) is 16.9 Å². The van der Waals surface area contributed by atoms with E-state index in [0.717, 1.165) is 0 Å². The van der Waals surface area contributed by atoms with Crippen LogP contribution in [0.1, 0.15) is 10.4 Å². The Labute approximate surface area is 127 Å². The number of hydrogen-bond acceptors (Lipinski definition) is 5. The molecule has 7 nitrogen and oxygen atoms in total. The van der Waals surface area contributed by atoms with Gasteiger partial charge in [0.25, 0.3) is 5.69 Å². The maximum Gasteiger partial charge on any atom is 0.422 e. The fourth-order valence-electron chi connectivity index (χ4n) is 1.82. The van der Waals surface area contributed by atoms with Crippen molar-refractivity contribution < 1.29 is 27.6 Å². The summed E-state index contributed by atoms with van der Waals surface area (Å²) in [6.45, 7) is -1.71. The SMILES string of the molecule is Cn1cc(C(=O)OCC(F)(F)F)c(-c2ccc([N+](=O)[O-])cc2)n1. The summed E-state index contributed by atoms with van der Waals surface area (Å²) in [7, 11) is 1.48. The van der Waals surface area contributed by atoms with Crippen molar-refractivity contribution in [3.8, 4) is 11.3 Å². The summed E-state index contributed by atoms with van der Waals surface area (Å²) in [4.78, 5) is 21.8. The monoisotopic (exact) mass is 329 g/mol. The summed E-state index contributed by atoms with van der Waals surface area (Å²) in [5.74, 6) is -1.18. The molecule has 0 aliphatic rings. The van der Waals surface area contributed by atoms with E-state index in [1.165, 1.54) is 42.2 Å². The van der Waals surface area contributed by atoms with E-state index in [2.05, 4.69) is 9.84 Å². The molecule has 122 valence electrons. The van der Waals surface area contributed by atoms with Crippen LogP contribution in [0.15, 0.2) is 30.5 Å². The van der Waals surface area contributed by atoms with Crippen molar-refractivity contribution in [1.29, 1.82) is 0 Å². The van der Waals surface area contributed by atoms with Crippen molar-refractivity contribution in [3.05, 3.63) is 46.1 Å². The lowest BCUT2D eigenvalue weighted by atomic mass is 10.1. The highest BCUT2D eigenvalue weighted by Crippen LogP contribution is 2.25. The fraction of sp³-hybridized carbons (Fsp3) is 0.231. The van der Waals surface area contributed by atoms with E-state index in [9.17, 15) is 28.1 Å². The molecule has 0 spiro atoms. The van der Waals surface area contributed by atoms with Crippen LogP contribution in [-0.2, 0) is 11.8 Å². The van der Waals surface area contributed by atoms with Gasteiger partial charge in [-0.15, -0.1) is 0 Å². The molecule has 0 bridgehead atoms. The van der Waals surface area contributed by atoms with Gasteiger partial charge in [-0.1, -0.05) is 0 Å². The van der Waals surface area contributed by atoms with Gasteiger partial charge in [0.05, 0.1) is 4.92 Å². The molecule has 1 heterocycles. The molecule has 0 fully saturated rings. The summed E-state index contributed by atoms with van der Waals surface area (Å²) < 4.78 is 41.8. The number of esters is 1. The molecule has 0 radical (unpaired) electrons. The Balaban J connectivity index is 2.30. The minimum absolute atomic E-state index is 0.0783.